The van der Waals surface area contributed by atoms with Gasteiger partial charge in [0.1, 0.15) is 36.3 Å². The molecule has 2 aromatic heterocycles. The van der Waals surface area contributed by atoms with Gasteiger partial charge in [-0.05, 0) is 42.5 Å². The van der Waals surface area contributed by atoms with E-state index in [0.717, 1.165) is 21.7 Å². The smallest absolute Gasteiger partial charge is 0.245 e. The van der Waals surface area contributed by atoms with Crippen molar-refractivity contribution in [2.24, 2.45) is 22.2 Å². The van der Waals surface area contributed by atoms with Gasteiger partial charge in [-0.1, -0.05) is 106 Å². The van der Waals surface area contributed by atoms with Crippen LogP contribution < -0.4 is 49.1 Å². The van der Waals surface area contributed by atoms with Gasteiger partial charge in [-0.25, -0.2) is 4.98 Å². The molecule has 406 valence electrons. The summed E-state index contributed by atoms with van der Waals surface area (Å²) in [4.78, 5) is 128. The van der Waals surface area contributed by atoms with Crippen molar-refractivity contribution in [3.8, 4) is 0 Å². The van der Waals surface area contributed by atoms with Crippen molar-refractivity contribution >= 4 is 132 Å². The number of aromatic amines is 2. The Morgan fingerprint density at radius 3 is 2.17 bits per heavy atom. The van der Waals surface area contributed by atoms with Crippen molar-refractivity contribution in [3.63, 3.8) is 0 Å². The zero-order valence-corrected chi connectivity index (χ0v) is 45.6. The molecule has 1 fully saturated rings. The average molecular weight is 1160 g/mol. The molecule has 0 saturated carbocycles. The Bertz CT molecular complexity index is 2710. The summed E-state index contributed by atoms with van der Waals surface area (Å²) >= 11 is 25.9. The molecule has 1 aliphatic rings. The number of benzene rings is 2. The van der Waals surface area contributed by atoms with E-state index in [1.54, 1.807) is 6.20 Å². The Hall–Kier alpha value is -5.92. The summed E-state index contributed by atoms with van der Waals surface area (Å²) in [5.74, 6) is -6.27. The minimum absolute atomic E-state index is 0.0301. The number of para-hydroxylation sites is 1. The number of amides is 8. The van der Waals surface area contributed by atoms with Gasteiger partial charge in [0.2, 0.25) is 47.3 Å². The highest BCUT2D eigenvalue weighted by atomic mass is 35.5. The van der Waals surface area contributed by atoms with E-state index in [1.165, 1.54) is 41.2 Å². The zero-order chi connectivity index (χ0) is 54.8. The van der Waals surface area contributed by atoms with Gasteiger partial charge in [0.05, 0.1) is 33.0 Å². The third kappa shape index (κ3) is 18.1. The number of primary amides is 1. The minimum Gasteiger partial charge on any atom is -0.370 e. The molecule has 3 heterocycles. The van der Waals surface area contributed by atoms with E-state index in [-0.39, 0.29) is 88.3 Å². The number of rotatable bonds is 18. The fraction of sp³-hybridized carbons (Fsp3) is 0.447. The fourth-order valence-electron chi connectivity index (χ4n) is 7.98. The van der Waals surface area contributed by atoms with Crippen LogP contribution in [0.1, 0.15) is 62.8 Å². The van der Waals surface area contributed by atoms with Gasteiger partial charge >= 0.3 is 0 Å². The number of fused-ring (bicyclic) bond motifs is 1. The maximum Gasteiger partial charge on any atom is 0.245 e. The number of carbonyl (C=O) groups is 8. The van der Waals surface area contributed by atoms with Gasteiger partial charge in [0.25, 0.3) is 0 Å². The molecule has 75 heavy (non-hydrogen) atoms. The van der Waals surface area contributed by atoms with E-state index in [9.17, 15) is 38.4 Å². The molecule has 0 radical (unpaired) electrons. The number of imidazole rings is 1. The monoisotopic (exact) mass is 1150 g/mol. The Morgan fingerprint density at radius 2 is 1.49 bits per heavy atom. The topological polar surface area (TPSA) is 347 Å². The van der Waals surface area contributed by atoms with Gasteiger partial charge in [0, 0.05) is 79.8 Å². The number of H-pyrrole nitrogens is 2. The summed E-state index contributed by atoms with van der Waals surface area (Å²) in [6.45, 7) is 2.61. The van der Waals surface area contributed by atoms with Gasteiger partial charge in [-0.15, -0.1) is 0 Å². The SMILES string of the molecule is CCCC[C@H](NC(C)=O)C(=O)N[C@H]1CSSCCN(CC(N)=O)C(=O)[C@H](Cc2c[nH]c3ccccc23)NC(=O)[C@H](CCCN=C(N)N)NC(=O)[C@@H](Cc2cc(Cl)c(Cl)c(Cl)c2Cl)NC(=O)[C@H](Cc2cnc[nH]2)NC1=O. The number of hydrogen-bond acceptors (Lipinski definition) is 12. The lowest BCUT2D eigenvalue weighted by molar-refractivity contribution is -0.139. The first-order valence-corrected chi connectivity index (χ1v) is 27.8. The predicted octanol–water partition coefficient (Wildman–Crippen LogP) is 2.41. The van der Waals surface area contributed by atoms with E-state index in [0.29, 0.717) is 24.1 Å². The lowest BCUT2D eigenvalue weighted by Crippen LogP contribution is -2.61. The van der Waals surface area contributed by atoms with E-state index in [2.05, 4.69) is 51.8 Å². The van der Waals surface area contributed by atoms with Crippen LogP contribution in [0.25, 0.3) is 10.9 Å². The Morgan fingerprint density at radius 1 is 0.827 bits per heavy atom. The molecular formula is C47H60Cl4N14O8S2. The van der Waals surface area contributed by atoms with Crippen LogP contribution in [0.5, 0.6) is 0 Å². The maximum absolute atomic E-state index is 14.9. The van der Waals surface area contributed by atoms with E-state index < -0.39 is 96.5 Å². The third-order valence-electron chi connectivity index (χ3n) is 11.7. The Balaban J connectivity index is 1.62. The van der Waals surface area contributed by atoms with Crippen LogP contribution in [0.15, 0.2) is 54.0 Å². The Kier molecular flexibility index (Phi) is 23.5. The summed E-state index contributed by atoms with van der Waals surface area (Å²) < 4.78 is 0. The fourth-order valence-corrected chi connectivity index (χ4v) is 11.1. The Labute approximate surface area is 460 Å². The second kappa shape index (κ2) is 29.4. The molecule has 22 nitrogen and oxygen atoms in total. The van der Waals surface area contributed by atoms with Crippen molar-refractivity contribution in [3.05, 3.63) is 86.0 Å². The van der Waals surface area contributed by atoms with Crippen LogP contribution in [0, 0.1) is 0 Å². The molecule has 1 aliphatic heterocycles. The summed E-state index contributed by atoms with van der Waals surface area (Å²) in [6, 6.07) is 0.515. The second-order valence-corrected chi connectivity index (χ2v) is 21.7. The largest absolute Gasteiger partial charge is 0.370 e. The van der Waals surface area contributed by atoms with Crippen LogP contribution in [-0.2, 0) is 57.6 Å². The first-order valence-electron chi connectivity index (χ1n) is 23.8. The summed E-state index contributed by atoms with van der Waals surface area (Å²) in [5, 5.41) is 16.8. The highest BCUT2D eigenvalue weighted by molar-refractivity contribution is 8.76. The molecule has 8 amide bonds. The van der Waals surface area contributed by atoms with Crippen molar-refractivity contribution in [1.82, 2.24) is 51.8 Å². The molecule has 6 atom stereocenters. The van der Waals surface area contributed by atoms with Gasteiger partial charge in [0.15, 0.2) is 5.96 Å². The van der Waals surface area contributed by atoms with Crippen LogP contribution in [0.4, 0.5) is 0 Å². The highest BCUT2D eigenvalue weighted by Gasteiger charge is 2.36. The molecule has 14 N–H and O–H groups in total. The average Bonchev–Trinajstić information content (AvgIpc) is 4.04. The maximum atomic E-state index is 14.9. The minimum atomic E-state index is -1.60. The van der Waals surface area contributed by atoms with Crippen molar-refractivity contribution < 1.29 is 38.4 Å². The number of unbranched alkanes of at least 4 members (excludes halogenated alkanes) is 1. The number of guanidine groups is 1. The lowest BCUT2D eigenvalue weighted by Gasteiger charge is -2.30. The quantitative estimate of drug-likeness (QED) is 0.0171. The van der Waals surface area contributed by atoms with Crippen LogP contribution in [0.2, 0.25) is 20.1 Å². The van der Waals surface area contributed by atoms with Crippen molar-refractivity contribution in [1.29, 1.82) is 0 Å². The third-order valence-corrected chi connectivity index (χ3v) is 15.9. The number of carbonyl (C=O) groups excluding carboxylic acids is 8. The molecule has 2 aromatic carbocycles. The van der Waals surface area contributed by atoms with E-state index in [4.69, 9.17) is 63.6 Å². The van der Waals surface area contributed by atoms with Gasteiger partial charge in [-0.2, -0.15) is 0 Å². The molecule has 0 aliphatic carbocycles. The van der Waals surface area contributed by atoms with Gasteiger partial charge < -0.3 is 64.0 Å². The van der Waals surface area contributed by atoms with Gasteiger partial charge in [-0.3, -0.25) is 43.3 Å². The molecule has 0 bridgehead atoms. The number of aliphatic imine (C=N–C) groups is 1. The van der Waals surface area contributed by atoms with Crippen LogP contribution >= 0.6 is 68.0 Å². The predicted molar refractivity (Wildman–Crippen MR) is 292 cm³/mol. The molecule has 1 saturated heterocycles. The number of nitrogens with zero attached hydrogens (tertiary/aromatic N) is 3. The standard InChI is InChI=1S/C47H60Cl4N14O8S2/c1-3-4-9-31(59-24(2)66)41(68)64-36-22-75-74-14-13-65(21-37(52)67)46(73)35(17-26-19-57-30-10-6-5-8-28(26)30)63-42(69)32(11-7-12-56-47(53)54)60-43(70)33(16-25-15-29(48)39(50)40(51)38(25)49)61-44(71)34(62-45(36)72)18-27-20-55-23-58-27/h5-6,8,10,15,19-20,23,31-36,57H,3-4,7,9,11-14,16-18,21-22H2,1-2H3,(H2,52,67)(H,55,58)(H,59,66)(H,60,70)(H,61,71)(H,62,72)(H,63,69)(H,64,68)(H4,53,54,56)/t31-,32-,33+,34-,35-,36-/m0/s1. The number of nitrogens with two attached hydrogens (primary N) is 3. The van der Waals surface area contributed by atoms with Crippen LogP contribution in [0.3, 0.4) is 0 Å². The zero-order valence-electron chi connectivity index (χ0n) is 40.9. The number of nitrogens with one attached hydrogen (secondary N) is 8. The second-order valence-electron chi connectivity index (χ2n) is 17.5. The summed E-state index contributed by atoms with van der Waals surface area (Å²) in [7, 11) is 2.35. The first kappa shape index (κ1) is 60.0. The number of aromatic nitrogens is 3. The molecule has 0 spiro atoms. The number of halogens is 4. The number of hydrogen-bond donors (Lipinski definition) is 11. The molecule has 0 unspecified atom stereocenters. The van der Waals surface area contributed by atoms with Crippen LogP contribution in [-0.4, -0.2) is 140 Å². The molecular weight excluding hydrogens is 1090 g/mol. The molecule has 4 aromatic rings. The highest BCUT2D eigenvalue weighted by Crippen LogP contribution is 2.38. The normalized spacial score (nSPS) is 20.0. The summed E-state index contributed by atoms with van der Waals surface area (Å²) in [5.41, 5.74) is 18.8. The van der Waals surface area contributed by atoms with E-state index in [1.807, 2.05) is 31.2 Å². The van der Waals surface area contributed by atoms with Crippen molar-refractivity contribution in [2.45, 2.75) is 101 Å². The van der Waals surface area contributed by atoms with Crippen molar-refractivity contribution in [2.75, 3.05) is 31.1 Å². The molecule has 28 heteroatoms. The van der Waals surface area contributed by atoms with E-state index >= 15 is 0 Å². The molecule has 5 rings (SSSR count). The summed E-state index contributed by atoms with van der Waals surface area (Å²) in [6.07, 6.45) is 5.38. The first-order chi connectivity index (χ1) is 35.8. The lowest BCUT2D eigenvalue weighted by atomic mass is 10.0.